The number of carbonyl (C=O) groups excluding carboxylic acids is 1. The minimum atomic E-state index is -0.0885. The van der Waals surface area contributed by atoms with Crippen molar-refractivity contribution in [2.45, 2.75) is 44.7 Å². The molecule has 5 nitrogen and oxygen atoms in total. The van der Waals surface area contributed by atoms with Crippen LogP contribution in [0, 0.1) is 6.92 Å². The molecule has 1 amide bonds. The molecule has 0 aliphatic heterocycles. The molecule has 1 aromatic heterocycles. The number of aryl methyl sites for hydroxylation is 1. The van der Waals surface area contributed by atoms with Crippen LogP contribution in [-0.4, -0.2) is 28.0 Å². The Morgan fingerprint density at radius 2 is 2.20 bits per heavy atom. The van der Waals surface area contributed by atoms with Crippen LogP contribution in [0.2, 0.25) is 0 Å². The summed E-state index contributed by atoms with van der Waals surface area (Å²) in [5.74, 6) is -0.0885. The van der Waals surface area contributed by atoms with Crippen LogP contribution in [0.3, 0.4) is 0 Å². The molecule has 0 spiro atoms. The van der Waals surface area contributed by atoms with Crippen LogP contribution < -0.4 is 11.1 Å². The lowest BCUT2D eigenvalue weighted by Gasteiger charge is -2.26. The Morgan fingerprint density at radius 3 is 2.75 bits per heavy atom. The molecule has 0 saturated heterocycles. The van der Waals surface area contributed by atoms with Crippen molar-refractivity contribution in [3.05, 3.63) is 35.9 Å². The predicted octanol–water partition coefficient (Wildman–Crippen LogP) is 1.67. The number of hydrogen-bond donors (Lipinski definition) is 3. The second-order valence-corrected chi connectivity index (χ2v) is 5.29. The number of nitrogens with two attached hydrogens (primary N) is 1. The summed E-state index contributed by atoms with van der Waals surface area (Å²) in [6.45, 7) is 5.61. The summed E-state index contributed by atoms with van der Waals surface area (Å²) in [7, 11) is 0. The second kappa shape index (κ2) is 6.52. The fraction of sp³-hybridized carbons (Fsp3) is 0.467. The number of nitrogens with zero attached hydrogens (tertiary/aromatic N) is 1. The van der Waals surface area contributed by atoms with Crippen molar-refractivity contribution in [3.8, 4) is 0 Å². The molecule has 0 aromatic carbocycles. The van der Waals surface area contributed by atoms with E-state index in [1.807, 2.05) is 6.92 Å². The summed E-state index contributed by atoms with van der Waals surface area (Å²) in [6, 6.07) is 0.499. The molecule has 0 radical (unpaired) electrons. The van der Waals surface area contributed by atoms with Gasteiger partial charge in [0.25, 0.3) is 5.91 Å². The van der Waals surface area contributed by atoms with E-state index in [-0.39, 0.29) is 18.0 Å². The van der Waals surface area contributed by atoms with Crippen molar-refractivity contribution < 1.29 is 4.79 Å². The van der Waals surface area contributed by atoms with Gasteiger partial charge in [0.15, 0.2) is 0 Å². The van der Waals surface area contributed by atoms with Gasteiger partial charge in [0, 0.05) is 17.7 Å². The lowest BCUT2D eigenvalue weighted by Crippen LogP contribution is -2.40. The molecule has 0 unspecified atom stereocenters. The van der Waals surface area contributed by atoms with Gasteiger partial charge in [0.1, 0.15) is 0 Å². The molecule has 108 valence electrons. The highest BCUT2D eigenvalue weighted by molar-refractivity contribution is 6.00. The van der Waals surface area contributed by atoms with Crippen molar-refractivity contribution in [2.75, 3.05) is 0 Å². The standard InChI is InChI=1S/C15H22N4O/c1-3-11(8-14-10(2)17-9-18-14)15(20)19-13-6-4-12(16)5-7-13/h3,8-9,12-13H,1,4-7,16H2,2H3,(H,17,18)(H,19,20)/b11-8+/t12-,13-. The highest BCUT2D eigenvalue weighted by Gasteiger charge is 2.20. The van der Waals surface area contributed by atoms with Gasteiger partial charge >= 0.3 is 0 Å². The number of H-pyrrole nitrogens is 1. The zero-order chi connectivity index (χ0) is 14.5. The van der Waals surface area contributed by atoms with Gasteiger partial charge in [-0.05, 0) is 38.7 Å². The van der Waals surface area contributed by atoms with E-state index < -0.39 is 0 Å². The molecule has 4 N–H and O–H groups in total. The molecule has 1 aliphatic carbocycles. The third-order valence-electron chi connectivity index (χ3n) is 3.76. The van der Waals surface area contributed by atoms with Gasteiger partial charge in [0.2, 0.25) is 0 Å². The Labute approximate surface area is 119 Å². The Kier molecular flexibility index (Phi) is 4.74. The molecule has 20 heavy (non-hydrogen) atoms. The van der Waals surface area contributed by atoms with Gasteiger partial charge in [-0.1, -0.05) is 12.7 Å². The van der Waals surface area contributed by atoms with Crippen molar-refractivity contribution >= 4 is 12.0 Å². The number of aromatic amines is 1. The molecular formula is C15H22N4O. The topological polar surface area (TPSA) is 83.8 Å². The molecule has 1 aromatic rings. The van der Waals surface area contributed by atoms with Gasteiger partial charge in [-0.2, -0.15) is 0 Å². The van der Waals surface area contributed by atoms with Crippen molar-refractivity contribution in [1.82, 2.24) is 15.3 Å². The predicted molar refractivity (Wildman–Crippen MR) is 79.9 cm³/mol. The minimum absolute atomic E-state index is 0.0885. The van der Waals surface area contributed by atoms with E-state index in [1.54, 1.807) is 18.5 Å². The first-order valence-electron chi connectivity index (χ1n) is 7.00. The van der Waals surface area contributed by atoms with E-state index in [2.05, 4.69) is 21.9 Å². The summed E-state index contributed by atoms with van der Waals surface area (Å²) in [5.41, 5.74) is 8.11. The molecule has 0 bridgehead atoms. The number of imidazole rings is 1. The zero-order valence-corrected chi connectivity index (χ0v) is 11.9. The summed E-state index contributed by atoms with van der Waals surface area (Å²) in [6.07, 6.45) is 8.79. The van der Waals surface area contributed by atoms with Crippen LogP contribution >= 0.6 is 0 Å². The van der Waals surface area contributed by atoms with E-state index in [0.29, 0.717) is 5.57 Å². The number of amides is 1. The highest BCUT2D eigenvalue weighted by Crippen LogP contribution is 2.18. The van der Waals surface area contributed by atoms with Crippen molar-refractivity contribution in [2.24, 2.45) is 5.73 Å². The quantitative estimate of drug-likeness (QED) is 0.577. The van der Waals surface area contributed by atoms with Crippen LogP contribution in [0.5, 0.6) is 0 Å². The summed E-state index contributed by atoms with van der Waals surface area (Å²) in [4.78, 5) is 19.4. The average Bonchev–Trinajstić information content (AvgIpc) is 2.84. The van der Waals surface area contributed by atoms with Crippen LogP contribution in [0.25, 0.3) is 6.08 Å². The SMILES string of the molecule is C=C/C(=C\c1[nH]cnc1C)C(=O)N[C@H]1CC[C@H](N)CC1. The number of nitrogens with one attached hydrogen (secondary N) is 2. The third-order valence-corrected chi connectivity index (χ3v) is 3.76. The van der Waals surface area contributed by atoms with Gasteiger partial charge < -0.3 is 16.0 Å². The lowest BCUT2D eigenvalue weighted by molar-refractivity contribution is -0.118. The monoisotopic (exact) mass is 274 g/mol. The summed E-state index contributed by atoms with van der Waals surface area (Å²) >= 11 is 0. The molecule has 1 heterocycles. The van der Waals surface area contributed by atoms with Gasteiger partial charge in [-0.25, -0.2) is 4.98 Å². The van der Waals surface area contributed by atoms with E-state index in [0.717, 1.165) is 37.1 Å². The fourth-order valence-electron chi connectivity index (χ4n) is 2.42. The largest absolute Gasteiger partial charge is 0.349 e. The van der Waals surface area contributed by atoms with Gasteiger partial charge in [0.05, 0.1) is 17.7 Å². The fourth-order valence-corrected chi connectivity index (χ4v) is 2.42. The molecule has 5 heteroatoms. The maximum Gasteiger partial charge on any atom is 0.251 e. The maximum absolute atomic E-state index is 12.2. The van der Waals surface area contributed by atoms with Crippen LogP contribution in [0.1, 0.15) is 37.1 Å². The minimum Gasteiger partial charge on any atom is -0.349 e. The normalized spacial score (nSPS) is 23.4. The number of aromatic nitrogens is 2. The van der Waals surface area contributed by atoms with Crippen LogP contribution in [0.15, 0.2) is 24.6 Å². The molecular weight excluding hydrogens is 252 g/mol. The smallest absolute Gasteiger partial charge is 0.251 e. The van der Waals surface area contributed by atoms with E-state index >= 15 is 0 Å². The molecule has 1 fully saturated rings. The third kappa shape index (κ3) is 3.57. The lowest BCUT2D eigenvalue weighted by atomic mass is 9.91. The Balaban J connectivity index is 2.01. The highest BCUT2D eigenvalue weighted by atomic mass is 16.1. The van der Waals surface area contributed by atoms with E-state index in [4.69, 9.17) is 5.73 Å². The number of rotatable bonds is 4. The Morgan fingerprint density at radius 1 is 1.50 bits per heavy atom. The summed E-state index contributed by atoms with van der Waals surface area (Å²) in [5, 5.41) is 3.05. The Hall–Kier alpha value is -1.88. The van der Waals surface area contributed by atoms with Crippen molar-refractivity contribution in [3.63, 3.8) is 0 Å². The first-order chi connectivity index (χ1) is 9.60. The molecule has 0 atom stereocenters. The molecule has 2 rings (SSSR count). The van der Waals surface area contributed by atoms with E-state index in [9.17, 15) is 4.79 Å². The molecule has 1 saturated carbocycles. The van der Waals surface area contributed by atoms with Gasteiger partial charge in [-0.3, -0.25) is 4.79 Å². The van der Waals surface area contributed by atoms with Gasteiger partial charge in [-0.15, -0.1) is 0 Å². The average molecular weight is 274 g/mol. The van der Waals surface area contributed by atoms with E-state index in [1.165, 1.54) is 0 Å². The summed E-state index contributed by atoms with van der Waals surface area (Å²) < 4.78 is 0. The Bertz CT molecular complexity index is 510. The van der Waals surface area contributed by atoms with Crippen LogP contribution in [-0.2, 0) is 4.79 Å². The molecule has 1 aliphatic rings. The number of hydrogen-bond acceptors (Lipinski definition) is 3. The first kappa shape index (κ1) is 14.5. The zero-order valence-electron chi connectivity index (χ0n) is 11.9. The first-order valence-corrected chi connectivity index (χ1v) is 7.00. The van der Waals surface area contributed by atoms with Crippen LogP contribution in [0.4, 0.5) is 0 Å². The second-order valence-electron chi connectivity index (χ2n) is 5.29. The number of carbonyl (C=O) groups is 1. The maximum atomic E-state index is 12.2. The van der Waals surface area contributed by atoms with Crippen molar-refractivity contribution in [1.29, 1.82) is 0 Å².